The third kappa shape index (κ3) is 1.17. The third-order valence-electron chi connectivity index (χ3n) is 3.73. The molecule has 1 aromatic carbocycles. The van der Waals surface area contributed by atoms with Crippen molar-refractivity contribution in [3.8, 4) is 0 Å². The van der Waals surface area contributed by atoms with Gasteiger partial charge in [0.05, 0.1) is 15.9 Å². The first-order valence-corrected chi connectivity index (χ1v) is 5.59. The van der Waals surface area contributed by atoms with E-state index < -0.39 is 16.2 Å². The van der Waals surface area contributed by atoms with Gasteiger partial charge in [0.15, 0.2) is 0 Å². The number of rotatable bonds is 1. The van der Waals surface area contributed by atoms with Gasteiger partial charge in [0.2, 0.25) is 5.91 Å². The smallest absolute Gasteiger partial charge is 0.270 e. The topological polar surface area (TPSA) is 80.5 Å². The lowest BCUT2D eigenvalue weighted by molar-refractivity contribution is -0.384. The number of carbonyl (C=O) groups is 2. The molecule has 1 aliphatic carbocycles. The standard InChI is InChI=1S/C12H10N2O4/c1-13-10(15)8-6-7(14(17)18)2-3-9(8)12(4-5-12)11(13)16/h2-3,6H,4-5H2,1H3. The van der Waals surface area contributed by atoms with Crippen LogP contribution < -0.4 is 0 Å². The van der Waals surface area contributed by atoms with Crippen molar-refractivity contribution in [3.63, 3.8) is 0 Å². The molecule has 2 amide bonds. The Morgan fingerprint density at radius 1 is 1.33 bits per heavy atom. The number of benzene rings is 1. The van der Waals surface area contributed by atoms with Crippen molar-refractivity contribution in [3.05, 3.63) is 39.4 Å². The highest BCUT2D eigenvalue weighted by Crippen LogP contribution is 2.53. The normalized spacial score (nSPS) is 19.9. The summed E-state index contributed by atoms with van der Waals surface area (Å²) in [4.78, 5) is 35.3. The van der Waals surface area contributed by atoms with Crippen LogP contribution >= 0.6 is 0 Å². The Morgan fingerprint density at radius 3 is 2.56 bits per heavy atom. The quantitative estimate of drug-likeness (QED) is 0.424. The number of amides is 2. The monoisotopic (exact) mass is 246 g/mol. The fourth-order valence-corrected chi connectivity index (χ4v) is 2.56. The van der Waals surface area contributed by atoms with Gasteiger partial charge in [0, 0.05) is 19.2 Å². The van der Waals surface area contributed by atoms with E-state index >= 15 is 0 Å². The van der Waals surface area contributed by atoms with Crippen molar-refractivity contribution in [2.24, 2.45) is 0 Å². The minimum Gasteiger partial charge on any atom is -0.281 e. The Kier molecular flexibility index (Phi) is 1.91. The second-order valence-electron chi connectivity index (χ2n) is 4.74. The van der Waals surface area contributed by atoms with Gasteiger partial charge in [-0.25, -0.2) is 0 Å². The molecule has 92 valence electrons. The van der Waals surface area contributed by atoms with E-state index in [2.05, 4.69) is 0 Å². The van der Waals surface area contributed by atoms with E-state index in [0.717, 1.165) is 4.90 Å². The fraction of sp³-hybridized carbons (Fsp3) is 0.333. The molecule has 0 saturated heterocycles. The predicted octanol–water partition coefficient (Wildman–Crippen LogP) is 1.24. The molecule has 6 heteroatoms. The summed E-state index contributed by atoms with van der Waals surface area (Å²) in [6.07, 6.45) is 1.41. The molecule has 1 aliphatic heterocycles. The average molecular weight is 246 g/mol. The average Bonchev–Trinajstić information content (AvgIpc) is 3.15. The summed E-state index contributed by atoms with van der Waals surface area (Å²) in [7, 11) is 1.42. The number of hydrogen-bond donors (Lipinski definition) is 0. The van der Waals surface area contributed by atoms with Crippen LogP contribution in [-0.2, 0) is 10.2 Å². The van der Waals surface area contributed by atoms with Gasteiger partial charge < -0.3 is 0 Å². The SMILES string of the molecule is CN1C(=O)c2cc([N+](=O)[O-])ccc2C2(CC2)C1=O. The van der Waals surface area contributed by atoms with Crippen LogP contribution in [0.25, 0.3) is 0 Å². The Labute approximate surface area is 102 Å². The van der Waals surface area contributed by atoms with Crippen molar-refractivity contribution in [2.75, 3.05) is 7.05 Å². The zero-order chi connectivity index (χ0) is 13.1. The van der Waals surface area contributed by atoms with Crippen LogP contribution in [0.2, 0.25) is 0 Å². The summed E-state index contributed by atoms with van der Waals surface area (Å²) in [5.74, 6) is -0.662. The molecule has 0 aromatic heterocycles. The van der Waals surface area contributed by atoms with Crippen LogP contribution in [-0.4, -0.2) is 28.7 Å². The van der Waals surface area contributed by atoms with E-state index in [1.54, 1.807) is 6.07 Å². The van der Waals surface area contributed by atoms with E-state index in [4.69, 9.17) is 0 Å². The molecule has 2 aliphatic rings. The number of non-ortho nitro benzene ring substituents is 1. The number of carbonyl (C=O) groups excluding carboxylic acids is 2. The molecule has 0 N–H and O–H groups in total. The number of nitrogens with zero attached hydrogens (tertiary/aromatic N) is 2. The molecule has 1 saturated carbocycles. The molecule has 3 rings (SSSR count). The van der Waals surface area contributed by atoms with Gasteiger partial charge in [-0.05, 0) is 18.4 Å². The maximum atomic E-state index is 12.1. The fourth-order valence-electron chi connectivity index (χ4n) is 2.56. The first kappa shape index (κ1) is 10.9. The number of fused-ring (bicyclic) bond motifs is 2. The highest BCUT2D eigenvalue weighted by molar-refractivity contribution is 6.14. The predicted molar refractivity (Wildman–Crippen MR) is 61.1 cm³/mol. The van der Waals surface area contributed by atoms with Crippen LogP contribution in [0.4, 0.5) is 5.69 Å². The van der Waals surface area contributed by atoms with Gasteiger partial charge in [-0.3, -0.25) is 24.6 Å². The summed E-state index contributed by atoms with van der Waals surface area (Å²) in [5, 5.41) is 10.7. The van der Waals surface area contributed by atoms with Crippen molar-refractivity contribution in [2.45, 2.75) is 18.3 Å². The molecule has 1 heterocycles. The number of imide groups is 1. The molecule has 0 unspecified atom stereocenters. The summed E-state index contributed by atoms with van der Waals surface area (Å²) >= 11 is 0. The molecular weight excluding hydrogens is 236 g/mol. The molecule has 0 atom stereocenters. The third-order valence-corrected chi connectivity index (χ3v) is 3.73. The van der Waals surface area contributed by atoms with Crippen molar-refractivity contribution >= 4 is 17.5 Å². The molecule has 0 bridgehead atoms. The summed E-state index contributed by atoms with van der Waals surface area (Å²) < 4.78 is 0. The summed E-state index contributed by atoms with van der Waals surface area (Å²) in [6, 6.07) is 4.16. The number of likely N-dealkylation sites (N-methyl/N-ethyl adjacent to an activating group) is 1. The van der Waals surface area contributed by atoms with E-state index in [1.165, 1.54) is 19.2 Å². The molecule has 0 radical (unpaired) electrons. The van der Waals surface area contributed by atoms with Crippen molar-refractivity contribution in [1.29, 1.82) is 0 Å². The van der Waals surface area contributed by atoms with Gasteiger partial charge in [-0.1, -0.05) is 6.07 Å². The highest BCUT2D eigenvalue weighted by Gasteiger charge is 2.57. The lowest BCUT2D eigenvalue weighted by atomic mass is 9.85. The first-order valence-electron chi connectivity index (χ1n) is 5.59. The van der Waals surface area contributed by atoms with E-state index in [-0.39, 0.29) is 17.2 Å². The zero-order valence-electron chi connectivity index (χ0n) is 9.67. The molecule has 18 heavy (non-hydrogen) atoms. The second-order valence-corrected chi connectivity index (χ2v) is 4.74. The Bertz CT molecular complexity index is 604. The van der Waals surface area contributed by atoms with Crippen LogP contribution in [0.5, 0.6) is 0 Å². The maximum Gasteiger partial charge on any atom is 0.270 e. The largest absolute Gasteiger partial charge is 0.281 e. The number of nitro groups is 1. The van der Waals surface area contributed by atoms with Crippen LogP contribution in [0.1, 0.15) is 28.8 Å². The lowest BCUT2D eigenvalue weighted by Gasteiger charge is -2.29. The van der Waals surface area contributed by atoms with Crippen LogP contribution in [0.15, 0.2) is 18.2 Å². The van der Waals surface area contributed by atoms with Gasteiger partial charge in [0.1, 0.15) is 0 Å². The Balaban J connectivity index is 2.23. The van der Waals surface area contributed by atoms with Crippen LogP contribution in [0, 0.1) is 10.1 Å². The summed E-state index contributed by atoms with van der Waals surface area (Å²) in [6.45, 7) is 0. The maximum absolute atomic E-state index is 12.1. The van der Waals surface area contributed by atoms with E-state index in [9.17, 15) is 19.7 Å². The second kappa shape index (κ2) is 3.16. The minimum absolute atomic E-state index is 0.124. The summed E-state index contributed by atoms with van der Waals surface area (Å²) in [5.41, 5.74) is 0.193. The van der Waals surface area contributed by atoms with Gasteiger partial charge in [-0.2, -0.15) is 0 Å². The molecule has 6 nitrogen and oxygen atoms in total. The molecule has 1 aromatic rings. The Hall–Kier alpha value is -2.24. The number of nitro benzene ring substituents is 1. The van der Waals surface area contributed by atoms with Crippen LogP contribution in [0.3, 0.4) is 0 Å². The van der Waals surface area contributed by atoms with Gasteiger partial charge in [-0.15, -0.1) is 0 Å². The van der Waals surface area contributed by atoms with E-state index in [1.807, 2.05) is 0 Å². The van der Waals surface area contributed by atoms with Gasteiger partial charge >= 0.3 is 0 Å². The van der Waals surface area contributed by atoms with Crippen molar-refractivity contribution in [1.82, 2.24) is 4.90 Å². The van der Waals surface area contributed by atoms with E-state index in [0.29, 0.717) is 18.4 Å². The minimum atomic E-state index is -0.604. The highest BCUT2D eigenvalue weighted by atomic mass is 16.6. The lowest BCUT2D eigenvalue weighted by Crippen LogP contribution is -2.46. The van der Waals surface area contributed by atoms with Gasteiger partial charge in [0.25, 0.3) is 11.6 Å². The molecular formula is C12H10N2O4. The van der Waals surface area contributed by atoms with Crippen molar-refractivity contribution < 1.29 is 14.5 Å². The zero-order valence-corrected chi connectivity index (χ0v) is 9.67. The molecule has 1 spiro atoms. The number of hydrogen-bond acceptors (Lipinski definition) is 4. The first-order chi connectivity index (χ1) is 8.47. The molecule has 1 fully saturated rings. The Morgan fingerprint density at radius 2 is 2.00 bits per heavy atom.